The zero-order chi connectivity index (χ0) is 14.5. The van der Waals surface area contributed by atoms with Crippen molar-refractivity contribution in [2.75, 3.05) is 21.3 Å². The molecule has 0 spiro atoms. The lowest BCUT2D eigenvalue weighted by Gasteiger charge is -2.35. The van der Waals surface area contributed by atoms with Gasteiger partial charge in [-0.3, -0.25) is 0 Å². The van der Waals surface area contributed by atoms with Gasteiger partial charge < -0.3 is 19.3 Å². The predicted molar refractivity (Wildman–Crippen MR) is 74.8 cm³/mol. The second-order valence-corrected chi connectivity index (χ2v) is 4.49. The van der Waals surface area contributed by atoms with Crippen molar-refractivity contribution in [3.63, 3.8) is 0 Å². The first-order chi connectivity index (χ1) is 9.08. The third-order valence-electron chi connectivity index (χ3n) is 3.83. The lowest BCUT2D eigenvalue weighted by molar-refractivity contribution is -0.109. The van der Waals surface area contributed by atoms with Crippen molar-refractivity contribution < 1.29 is 19.3 Å². The van der Waals surface area contributed by atoms with E-state index in [-0.39, 0.29) is 0 Å². The van der Waals surface area contributed by atoms with Gasteiger partial charge in [0.1, 0.15) is 6.10 Å². The van der Waals surface area contributed by atoms with E-state index in [0.717, 1.165) is 18.4 Å². The molecule has 1 N–H and O–H groups in total. The molecule has 0 aromatic heterocycles. The molecule has 0 fully saturated rings. The highest BCUT2D eigenvalue weighted by Gasteiger charge is 2.36. The summed E-state index contributed by atoms with van der Waals surface area (Å²) in [5.41, 5.74) is 0.197. The number of aliphatic hydroxyl groups is 1. The number of rotatable bonds is 7. The number of aliphatic hydroxyl groups excluding tert-OH is 1. The zero-order valence-corrected chi connectivity index (χ0v) is 12.4. The Balaban J connectivity index is 3.15. The van der Waals surface area contributed by atoms with Gasteiger partial charge in [-0.1, -0.05) is 19.9 Å². The van der Waals surface area contributed by atoms with Crippen LogP contribution in [0.2, 0.25) is 0 Å². The van der Waals surface area contributed by atoms with Crippen LogP contribution in [0, 0.1) is 0 Å². The van der Waals surface area contributed by atoms with Gasteiger partial charge in [-0.25, -0.2) is 0 Å². The Kier molecular flexibility index (Phi) is 5.63. The van der Waals surface area contributed by atoms with Crippen LogP contribution in [0.25, 0.3) is 0 Å². The molecule has 1 rings (SSSR count). The molecule has 0 amide bonds. The van der Waals surface area contributed by atoms with Crippen LogP contribution in [0.1, 0.15) is 38.4 Å². The van der Waals surface area contributed by atoms with Crippen LogP contribution in [0.15, 0.2) is 18.2 Å². The summed E-state index contributed by atoms with van der Waals surface area (Å²) in [6, 6.07) is 5.43. The normalized spacial score (nSPS) is 13.2. The van der Waals surface area contributed by atoms with Gasteiger partial charge in [0.25, 0.3) is 0 Å². The van der Waals surface area contributed by atoms with Crippen LogP contribution in [-0.4, -0.2) is 32.0 Å². The van der Waals surface area contributed by atoms with Crippen LogP contribution in [-0.2, 0) is 4.74 Å². The van der Waals surface area contributed by atoms with E-state index in [4.69, 9.17) is 14.2 Å². The summed E-state index contributed by atoms with van der Waals surface area (Å²) < 4.78 is 16.0. The molecule has 1 atom stereocenters. The lowest BCUT2D eigenvalue weighted by atomic mass is 9.86. The molecule has 1 aromatic carbocycles. The molecule has 1 unspecified atom stereocenters. The van der Waals surface area contributed by atoms with Crippen molar-refractivity contribution in [2.24, 2.45) is 0 Å². The molecular formula is C15H24O4. The van der Waals surface area contributed by atoms with Crippen LogP contribution in [0.3, 0.4) is 0 Å². The summed E-state index contributed by atoms with van der Waals surface area (Å²) in [6.45, 7) is 4.02. The summed E-state index contributed by atoms with van der Waals surface area (Å²) >= 11 is 0. The lowest BCUT2D eigenvalue weighted by Crippen LogP contribution is -2.37. The van der Waals surface area contributed by atoms with Crippen molar-refractivity contribution in [1.82, 2.24) is 0 Å². The van der Waals surface area contributed by atoms with Gasteiger partial charge in [0.15, 0.2) is 11.5 Å². The van der Waals surface area contributed by atoms with E-state index >= 15 is 0 Å². The van der Waals surface area contributed by atoms with Crippen molar-refractivity contribution in [1.29, 1.82) is 0 Å². The highest BCUT2D eigenvalue weighted by atomic mass is 16.5. The number of benzene rings is 1. The number of methoxy groups -OCH3 is 3. The summed E-state index contributed by atoms with van der Waals surface area (Å²) in [7, 11) is 4.81. The fourth-order valence-corrected chi connectivity index (χ4v) is 2.36. The fourth-order valence-electron chi connectivity index (χ4n) is 2.36. The van der Waals surface area contributed by atoms with Crippen LogP contribution in [0.5, 0.6) is 11.5 Å². The van der Waals surface area contributed by atoms with Gasteiger partial charge in [-0.15, -0.1) is 0 Å². The Labute approximate surface area is 115 Å². The summed E-state index contributed by atoms with van der Waals surface area (Å²) in [6.07, 6.45) is 0.762. The third kappa shape index (κ3) is 3.01. The highest BCUT2D eigenvalue weighted by molar-refractivity contribution is 5.44. The average Bonchev–Trinajstić information content (AvgIpc) is 2.48. The molecule has 0 saturated carbocycles. The predicted octanol–water partition coefficient (Wildman–Crippen LogP) is 2.94. The summed E-state index contributed by atoms with van der Waals surface area (Å²) in [5, 5.41) is 10.6. The Morgan fingerprint density at radius 1 is 1.05 bits per heavy atom. The van der Waals surface area contributed by atoms with Crippen LogP contribution < -0.4 is 9.47 Å². The maximum Gasteiger partial charge on any atom is 0.161 e. The van der Waals surface area contributed by atoms with E-state index < -0.39 is 11.7 Å². The quantitative estimate of drug-likeness (QED) is 0.826. The minimum atomic E-state index is -0.702. The minimum absolute atomic E-state index is 0.570. The molecule has 0 heterocycles. The Morgan fingerprint density at radius 3 is 2.05 bits per heavy atom. The Hall–Kier alpha value is -1.26. The van der Waals surface area contributed by atoms with Crippen molar-refractivity contribution in [3.05, 3.63) is 23.8 Å². The largest absolute Gasteiger partial charge is 0.493 e. The molecule has 4 heteroatoms. The smallest absolute Gasteiger partial charge is 0.161 e. The van der Waals surface area contributed by atoms with Crippen LogP contribution >= 0.6 is 0 Å². The van der Waals surface area contributed by atoms with Gasteiger partial charge in [-0.05, 0) is 30.5 Å². The maximum absolute atomic E-state index is 10.6. The molecule has 0 radical (unpaired) electrons. The zero-order valence-electron chi connectivity index (χ0n) is 12.4. The fraction of sp³-hybridized carbons (Fsp3) is 0.600. The molecule has 0 aliphatic heterocycles. The van der Waals surface area contributed by atoms with E-state index in [1.54, 1.807) is 33.5 Å². The SMILES string of the molecule is CCC(CC)(OC)C(O)c1ccc(OC)c(OC)c1. The van der Waals surface area contributed by atoms with Crippen molar-refractivity contribution >= 4 is 0 Å². The highest BCUT2D eigenvalue weighted by Crippen LogP contribution is 2.38. The summed E-state index contributed by atoms with van der Waals surface area (Å²) in [4.78, 5) is 0. The van der Waals surface area contributed by atoms with Gasteiger partial charge >= 0.3 is 0 Å². The third-order valence-corrected chi connectivity index (χ3v) is 3.83. The second kappa shape index (κ2) is 6.78. The van der Waals surface area contributed by atoms with Crippen molar-refractivity contribution in [2.45, 2.75) is 38.4 Å². The van der Waals surface area contributed by atoms with Crippen molar-refractivity contribution in [3.8, 4) is 11.5 Å². The Bertz CT molecular complexity index is 391. The molecule has 1 aromatic rings. The number of ether oxygens (including phenoxy) is 3. The standard InChI is InChI=1S/C15H24O4/c1-6-15(7-2,19-5)14(16)11-8-9-12(17-3)13(10-11)18-4/h8-10,14,16H,6-7H2,1-5H3. The molecule has 4 nitrogen and oxygen atoms in total. The van der Waals surface area contributed by atoms with Gasteiger partial charge in [-0.2, -0.15) is 0 Å². The van der Waals surface area contributed by atoms with E-state index in [9.17, 15) is 5.11 Å². The molecule has 19 heavy (non-hydrogen) atoms. The van der Waals surface area contributed by atoms with Gasteiger partial charge in [0.05, 0.1) is 19.8 Å². The first-order valence-corrected chi connectivity index (χ1v) is 6.53. The second-order valence-electron chi connectivity index (χ2n) is 4.49. The topological polar surface area (TPSA) is 47.9 Å². The Morgan fingerprint density at radius 2 is 1.63 bits per heavy atom. The van der Waals surface area contributed by atoms with Gasteiger partial charge in [0.2, 0.25) is 0 Å². The average molecular weight is 268 g/mol. The van der Waals surface area contributed by atoms with E-state index in [1.165, 1.54) is 0 Å². The minimum Gasteiger partial charge on any atom is -0.493 e. The molecule has 0 aliphatic rings. The number of hydrogen-bond donors (Lipinski definition) is 1. The molecule has 0 saturated heterocycles. The monoisotopic (exact) mass is 268 g/mol. The van der Waals surface area contributed by atoms with E-state index in [1.807, 2.05) is 19.9 Å². The molecular weight excluding hydrogens is 244 g/mol. The number of hydrogen-bond acceptors (Lipinski definition) is 4. The maximum atomic E-state index is 10.6. The van der Waals surface area contributed by atoms with E-state index in [2.05, 4.69) is 0 Å². The summed E-state index contributed by atoms with van der Waals surface area (Å²) in [5.74, 6) is 1.26. The first kappa shape index (κ1) is 15.8. The first-order valence-electron chi connectivity index (χ1n) is 6.53. The van der Waals surface area contributed by atoms with Gasteiger partial charge in [0, 0.05) is 7.11 Å². The van der Waals surface area contributed by atoms with Crippen LogP contribution in [0.4, 0.5) is 0 Å². The molecule has 108 valence electrons. The van der Waals surface area contributed by atoms with E-state index in [0.29, 0.717) is 11.5 Å². The molecule has 0 bridgehead atoms. The molecule has 0 aliphatic carbocycles.